The van der Waals surface area contributed by atoms with Gasteiger partial charge in [-0.3, -0.25) is 0 Å². The van der Waals surface area contributed by atoms with Crippen molar-refractivity contribution >= 4 is 37.5 Å². The molecule has 7 heteroatoms. The first kappa shape index (κ1) is 12.3. The van der Waals surface area contributed by atoms with Gasteiger partial charge in [0, 0.05) is 8.95 Å². The first-order chi connectivity index (χ1) is 6.79. The molecule has 0 saturated heterocycles. The third-order valence-electron chi connectivity index (χ3n) is 1.66. The molecule has 2 N–H and O–H groups in total. The normalized spacial score (nSPS) is 11.2. The minimum absolute atomic E-state index is 0.215. The Hall–Kier alpha value is -0.740. The van der Waals surface area contributed by atoms with E-state index in [0.29, 0.717) is 0 Å². The molecule has 0 aliphatic heterocycles. The number of halogens is 5. The van der Waals surface area contributed by atoms with Gasteiger partial charge in [-0.2, -0.15) is 18.4 Å². The molecule has 0 unspecified atom stereocenters. The quantitative estimate of drug-likeness (QED) is 0.730. The molecule has 0 fully saturated rings. The first-order valence-electron chi connectivity index (χ1n) is 3.53. The Morgan fingerprint density at radius 2 is 1.80 bits per heavy atom. The third kappa shape index (κ3) is 2.26. The molecule has 0 atom stereocenters. The summed E-state index contributed by atoms with van der Waals surface area (Å²) in [6.45, 7) is 0. The van der Waals surface area contributed by atoms with Crippen molar-refractivity contribution in [3.8, 4) is 6.07 Å². The molecule has 2 nitrogen and oxygen atoms in total. The van der Waals surface area contributed by atoms with Crippen molar-refractivity contribution in [2.24, 2.45) is 0 Å². The lowest BCUT2D eigenvalue weighted by atomic mass is 10.1. The van der Waals surface area contributed by atoms with Crippen LogP contribution in [-0.2, 0) is 6.18 Å². The molecule has 0 bridgehead atoms. The second kappa shape index (κ2) is 4.02. The van der Waals surface area contributed by atoms with E-state index < -0.39 is 17.3 Å². The number of anilines is 1. The minimum Gasteiger partial charge on any atom is -0.397 e. The van der Waals surface area contributed by atoms with Crippen LogP contribution >= 0.6 is 31.9 Å². The fourth-order valence-electron chi connectivity index (χ4n) is 1.03. The van der Waals surface area contributed by atoms with Crippen LogP contribution in [0.5, 0.6) is 0 Å². The molecule has 0 amide bonds. The molecule has 0 aromatic heterocycles. The summed E-state index contributed by atoms with van der Waals surface area (Å²) in [7, 11) is 0. The molecule has 1 rings (SSSR count). The predicted molar refractivity (Wildman–Crippen MR) is 56.0 cm³/mol. The van der Waals surface area contributed by atoms with E-state index in [9.17, 15) is 13.2 Å². The van der Waals surface area contributed by atoms with Crippen molar-refractivity contribution in [2.45, 2.75) is 6.18 Å². The van der Waals surface area contributed by atoms with E-state index >= 15 is 0 Å². The number of alkyl halides is 3. The van der Waals surface area contributed by atoms with Crippen molar-refractivity contribution in [3.05, 3.63) is 26.1 Å². The lowest BCUT2D eigenvalue weighted by Gasteiger charge is -2.13. The Labute approximate surface area is 100 Å². The second-order valence-corrected chi connectivity index (χ2v) is 4.32. The lowest BCUT2D eigenvalue weighted by Crippen LogP contribution is -2.11. The summed E-state index contributed by atoms with van der Waals surface area (Å²) >= 11 is 5.72. The summed E-state index contributed by atoms with van der Waals surface area (Å²) in [4.78, 5) is 0. The SMILES string of the molecule is N#Cc1c(N)c(Br)cc(Br)c1C(F)(F)F. The van der Waals surface area contributed by atoms with Gasteiger partial charge in [-0.05, 0) is 22.0 Å². The first-order valence-corrected chi connectivity index (χ1v) is 5.12. The van der Waals surface area contributed by atoms with Gasteiger partial charge in [0.25, 0.3) is 0 Å². The number of hydrogen-bond acceptors (Lipinski definition) is 2. The van der Waals surface area contributed by atoms with Crippen molar-refractivity contribution in [3.63, 3.8) is 0 Å². The molecule has 1 aromatic carbocycles. The molecule has 0 radical (unpaired) electrons. The summed E-state index contributed by atoms with van der Waals surface area (Å²) in [5, 5.41) is 8.64. The standard InChI is InChI=1S/C8H3Br2F3N2/c9-4-1-5(10)7(15)3(2-14)6(4)8(11,12)13/h1H,15H2. The number of hydrogen-bond donors (Lipinski definition) is 1. The molecule has 0 aliphatic carbocycles. The summed E-state index contributed by atoms with van der Waals surface area (Å²) < 4.78 is 37.7. The van der Waals surface area contributed by atoms with Crippen molar-refractivity contribution < 1.29 is 13.2 Å². The third-order valence-corrected chi connectivity index (χ3v) is 2.95. The number of benzene rings is 1. The van der Waals surface area contributed by atoms with Gasteiger partial charge >= 0.3 is 6.18 Å². The fraction of sp³-hybridized carbons (Fsp3) is 0.125. The minimum atomic E-state index is -4.61. The molecule has 1 aromatic rings. The molecule has 0 spiro atoms. The number of nitrogens with two attached hydrogens (primary N) is 1. The Balaban J connectivity index is 3.67. The van der Waals surface area contributed by atoms with Crippen molar-refractivity contribution in [2.75, 3.05) is 5.73 Å². The molecule has 0 aliphatic rings. The van der Waals surface area contributed by atoms with Gasteiger partial charge in [-0.25, -0.2) is 0 Å². The van der Waals surface area contributed by atoms with E-state index in [1.165, 1.54) is 12.1 Å². The Bertz CT molecular complexity index is 449. The zero-order valence-corrected chi connectivity index (χ0v) is 10.2. The van der Waals surface area contributed by atoms with Gasteiger partial charge in [0.05, 0.1) is 16.8 Å². The van der Waals surface area contributed by atoms with Crippen LogP contribution in [0.1, 0.15) is 11.1 Å². The van der Waals surface area contributed by atoms with E-state index in [2.05, 4.69) is 31.9 Å². The highest BCUT2D eigenvalue weighted by Crippen LogP contribution is 2.41. The zero-order chi connectivity index (χ0) is 11.8. The number of nitrogens with zero attached hydrogens (tertiary/aromatic N) is 1. The van der Waals surface area contributed by atoms with Gasteiger partial charge in [-0.15, -0.1) is 0 Å². The Morgan fingerprint density at radius 1 is 1.27 bits per heavy atom. The zero-order valence-electron chi connectivity index (χ0n) is 6.99. The van der Waals surface area contributed by atoms with Gasteiger partial charge in [0.1, 0.15) is 6.07 Å². The summed E-state index contributed by atoms with van der Waals surface area (Å²) in [5.74, 6) is 0. The van der Waals surface area contributed by atoms with Crippen molar-refractivity contribution in [1.82, 2.24) is 0 Å². The van der Waals surface area contributed by atoms with E-state index in [1.807, 2.05) is 0 Å². The summed E-state index contributed by atoms with van der Waals surface area (Å²) in [5.41, 5.74) is 3.52. The molecule has 80 valence electrons. The van der Waals surface area contributed by atoms with Crippen LogP contribution in [0, 0.1) is 11.3 Å². The molecule has 0 heterocycles. The maximum Gasteiger partial charge on any atom is 0.418 e. The van der Waals surface area contributed by atoms with E-state index in [1.54, 1.807) is 0 Å². The van der Waals surface area contributed by atoms with Gasteiger partial charge in [0.2, 0.25) is 0 Å². The van der Waals surface area contributed by atoms with Crippen LogP contribution in [0.4, 0.5) is 18.9 Å². The van der Waals surface area contributed by atoms with Gasteiger partial charge < -0.3 is 5.73 Å². The monoisotopic (exact) mass is 342 g/mol. The highest BCUT2D eigenvalue weighted by Gasteiger charge is 2.37. The fourth-order valence-corrected chi connectivity index (χ4v) is 2.41. The van der Waals surface area contributed by atoms with Gasteiger partial charge in [-0.1, -0.05) is 15.9 Å². The van der Waals surface area contributed by atoms with E-state index in [4.69, 9.17) is 11.0 Å². The van der Waals surface area contributed by atoms with Crippen LogP contribution in [0.15, 0.2) is 15.0 Å². The predicted octanol–water partition coefficient (Wildman–Crippen LogP) is 3.68. The summed E-state index contributed by atoms with van der Waals surface area (Å²) in [6, 6.07) is 2.61. The van der Waals surface area contributed by atoms with Crippen LogP contribution in [0.2, 0.25) is 0 Å². The molecule has 15 heavy (non-hydrogen) atoms. The average Bonchev–Trinajstić information content (AvgIpc) is 2.08. The smallest absolute Gasteiger partial charge is 0.397 e. The second-order valence-electron chi connectivity index (χ2n) is 2.61. The molecular weight excluding hydrogens is 341 g/mol. The lowest BCUT2D eigenvalue weighted by molar-refractivity contribution is -0.138. The highest BCUT2D eigenvalue weighted by atomic mass is 79.9. The van der Waals surface area contributed by atoms with Gasteiger partial charge in [0.15, 0.2) is 0 Å². The Kier molecular flexibility index (Phi) is 3.31. The topological polar surface area (TPSA) is 49.8 Å². The van der Waals surface area contributed by atoms with Crippen LogP contribution < -0.4 is 5.73 Å². The number of nitriles is 1. The van der Waals surface area contributed by atoms with Crippen molar-refractivity contribution in [1.29, 1.82) is 5.26 Å². The largest absolute Gasteiger partial charge is 0.418 e. The number of nitrogen functional groups attached to an aromatic ring is 1. The van der Waals surface area contributed by atoms with E-state index in [0.717, 1.165) is 0 Å². The Morgan fingerprint density at radius 3 is 2.20 bits per heavy atom. The van der Waals surface area contributed by atoms with Crippen LogP contribution in [0.3, 0.4) is 0 Å². The van der Waals surface area contributed by atoms with Crippen LogP contribution in [0.25, 0.3) is 0 Å². The average molecular weight is 344 g/mol. The maximum atomic E-state index is 12.6. The van der Waals surface area contributed by atoms with Crippen LogP contribution in [-0.4, -0.2) is 0 Å². The molecular formula is C8H3Br2F3N2. The summed E-state index contributed by atoms with van der Waals surface area (Å²) in [6.07, 6.45) is -4.61. The number of rotatable bonds is 0. The maximum absolute atomic E-state index is 12.6. The highest BCUT2D eigenvalue weighted by molar-refractivity contribution is 9.11. The van der Waals surface area contributed by atoms with E-state index in [-0.39, 0.29) is 14.6 Å². The molecule has 0 saturated carbocycles.